The zero-order valence-electron chi connectivity index (χ0n) is 17.4. The molecule has 1 fully saturated rings. The topological polar surface area (TPSA) is 84.9 Å². The van der Waals surface area contributed by atoms with Gasteiger partial charge in [-0.15, -0.1) is 0 Å². The number of urea groups is 1. The number of carbonyl (C=O) groups is 3. The predicted molar refractivity (Wildman–Crippen MR) is 126 cm³/mol. The summed E-state index contributed by atoms with van der Waals surface area (Å²) < 4.78 is 11.9. The van der Waals surface area contributed by atoms with Gasteiger partial charge in [-0.1, -0.05) is 30.3 Å². The van der Waals surface area contributed by atoms with Crippen LogP contribution in [-0.4, -0.2) is 31.1 Å². The highest BCUT2D eigenvalue weighted by Gasteiger charge is 2.37. The summed E-state index contributed by atoms with van der Waals surface area (Å²) in [6.45, 7) is 7.91. The van der Waals surface area contributed by atoms with E-state index in [1.54, 1.807) is 37.3 Å². The molecule has 3 rings (SSSR count). The first-order valence-electron chi connectivity index (χ1n) is 9.64. The van der Waals surface area contributed by atoms with Gasteiger partial charge < -0.3 is 9.47 Å². The van der Waals surface area contributed by atoms with Crippen LogP contribution in [0.25, 0.3) is 6.08 Å². The van der Waals surface area contributed by atoms with Crippen LogP contribution in [0.3, 0.4) is 0 Å². The molecule has 0 aromatic heterocycles. The van der Waals surface area contributed by atoms with Crippen molar-refractivity contribution < 1.29 is 23.9 Å². The number of rotatable bonds is 7. The summed E-state index contributed by atoms with van der Waals surface area (Å²) in [4.78, 5) is 38.8. The Morgan fingerprint density at radius 2 is 1.94 bits per heavy atom. The molecule has 1 heterocycles. The van der Waals surface area contributed by atoms with Crippen molar-refractivity contribution in [2.45, 2.75) is 13.8 Å². The molecule has 7 nitrogen and oxygen atoms in total. The molecule has 1 N–H and O–H groups in total. The van der Waals surface area contributed by atoms with Crippen LogP contribution in [0, 0.1) is 6.92 Å². The van der Waals surface area contributed by atoms with E-state index in [2.05, 4.69) is 27.8 Å². The highest BCUT2D eigenvalue weighted by Crippen LogP contribution is 2.38. The van der Waals surface area contributed by atoms with Crippen LogP contribution >= 0.6 is 27.5 Å². The van der Waals surface area contributed by atoms with E-state index in [1.807, 2.05) is 6.92 Å². The molecule has 1 aliphatic rings. The van der Waals surface area contributed by atoms with Crippen molar-refractivity contribution in [2.75, 3.05) is 18.1 Å². The number of nitrogens with zero attached hydrogens (tertiary/aromatic N) is 1. The minimum absolute atomic E-state index is 0.213. The molecule has 0 saturated carbocycles. The van der Waals surface area contributed by atoms with Crippen molar-refractivity contribution in [1.29, 1.82) is 0 Å². The van der Waals surface area contributed by atoms with Gasteiger partial charge in [-0.05, 0) is 71.2 Å². The van der Waals surface area contributed by atoms with Gasteiger partial charge in [0.05, 0.1) is 16.8 Å². The van der Waals surface area contributed by atoms with Crippen LogP contribution in [0.15, 0.2) is 53.0 Å². The van der Waals surface area contributed by atoms with E-state index in [9.17, 15) is 14.4 Å². The molecule has 1 saturated heterocycles. The van der Waals surface area contributed by atoms with E-state index in [1.165, 1.54) is 12.1 Å². The molecule has 9 heteroatoms. The quantitative estimate of drug-likeness (QED) is 0.315. The number of ether oxygens (including phenoxy) is 2. The Morgan fingerprint density at radius 3 is 2.59 bits per heavy atom. The lowest BCUT2D eigenvalue weighted by atomic mass is 10.1. The van der Waals surface area contributed by atoms with Gasteiger partial charge >= 0.3 is 6.03 Å². The Morgan fingerprint density at radius 1 is 1.19 bits per heavy atom. The normalized spacial score (nSPS) is 15.1. The van der Waals surface area contributed by atoms with Crippen molar-refractivity contribution in [2.24, 2.45) is 0 Å². The van der Waals surface area contributed by atoms with Gasteiger partial charge in [0.2, 0.25) is 0 Å². The molecular weight excluding hydrogens is 500 g/mol. The van der Waals surface area contributed by atoms with Crippen LogP contribution in [0.5, 0.6) is 11.5 Å². The molecule has 1 aliphatic heterocycles. The first kappa shape index (κ1) is 23.6. The molecule has 32 heavy (non-hydrogen) atoms. The average Bonchev–Trinajstić information content (AvgIpc) is 2.73. The highest BCUT2D eigenvalue weighted by atomic mass is 79.9. The third-order valence-corrected chi connectivity index (χ3v) is 5.50. The first-order valence-corrected chi connectivity index (χ1v) is 10.8. The first-order chi connectivity index (χ1) is 15.3. The molecule has 0 atom stereocenters. The number of barbiturate groups is 1. The van der Waals surface area contributed by atoms with Crippen LogP contribution < -0.4 is 19.7 Å². The lowest BCUT2D eigenvalue weighted by Crippen LogP contribution is -2.54. The number of hydrogen-bond donors (Lipinski definition) is 1. The van der Waals surface area contributed by atoms with E-state index in [0.29, 0.717) is 33.2 Å². The highest BCUT2D eigenvalue weighted by molar-refractivity contribution is 9.10. The second-order valence-corrected chi connectivity index (χ2v) is 8.02. The third-order valence-electron chi connectivity index (χ3n) is 4.50. The zero-order chi connectivity index (χ0) is 23.4. The van der Waals surface area contributed by atoms with Crippen LogP contribution in [0.1, 0.15) is 18.1 Å². The van der Waals surface area contributed by atoms with E-state index in [-0.39, 0.29) is 17.9 Å². The van der Waals surface area contributed by atoms with Gasteiger partial charge in [-0.2, -0.15) is 0 Å². The smallest absolute Gasteiger partial charge is 0.335 e. The molecule has 0 aliphatic carbocycles. The van der Waals surface area contributed by atoms with E-state index in [0.717, 1.165) is 10.5 Å². The monoisotopic (exact) mass is 518 g/mol. The minimum atomic E-state index is -0.846. The Hall–Kier alpha value is -3.10. The van der Waals surface area contributed by atoms with Crippen LogP contribution in [0.4, 0.5) is 10.5 Å². The third kappa shape index (κ3) is 4.87. The Bertz CT molecular complexity index is 1150. The fourth-order valence-corrected chi connectivity index (χ4v) is 3.74. The number of nitrogens with one attached hydrogen (secondary N) is 1. The van der Waals surface area contributed by atoms with E-state index < -0.39 is 17.8 Å². The molecule has 2 aromatic rings. The predicted octanol–water partition coefficient (Wildman–Crippen LogP) is 5.04. The number of aryl methyl sites for hydroxylation is 1. The van der Waals surface area contributed by atoms with Gasteiger partial charge in [-0.3, -0.25) is 14.9 Å². The maximum Gasteiger partial charge on any atom is 0.335 e. The SMILES string of the molecule is C=CCOc1c(Br)cc(/C=C2/C(=O)NC(=O)N(c3ccc(C)c(Cl)c3)C2=O)cc1OCC. The number of carbonyl (C=O) groups excluding carboxylic acids is 3. The standard InChI is InChI=1S/C23H20BrClN2O5/c1-4-8-32-20-17(24)10-14(11-19(20)31-5-2)9-16-21(28)26-23(30)27(22(16)29)15-7-6-13(3)18(25)12-15/h4,6-7,9-12H,1,5,8H2,2-3H3,(H,26,28,30)/b16-9-. The number of hydrogen-bond acceptors (Lipinski definition) is 5. The Kier molecular flexibility index (Phi) is 7.37. The largest absolute Gasteiger partial charge is 0.490 e. The summed E-state index contributed by atoms with van der Waals surface area (Å²) >= 11 is 9.58. The number of anilines is 1. The van der Waals surface area contributed by atoms with Crippen LogP contribution in [-0.2, 0) is 9.59 Å². The summed E-state index contributed by atoms with van der Waals surface area (Å²) in [5.41, 5.74) is 1.33. The maximum absolute atomic E-state index is 13.1. The van der Waals surface area contributed by atoms with Gasteiger partial charge in [0.15, 0.2) is 11.5 Å². The van der Waals surface area contributed by atoms with Crippen LogP contribution in [0.2, 0.25) is 5.02 Å². The second-order valence-electron chi connectivity index (χ2n) is 6.75. The van der Waals surface area contributed by atoms with Gasteiger partial charge in [0.1, 0.15) is 12.2 Å². The fraction of sp³-hybridized carbons (Fsp3) is 0.174. The molecule has 0 spiro atoms. The summed E-state index contributed by atoms with van der Waals surface area (Å²) in [7, 11) is 0. The van der Waals surface area contributed by atoms with E-state index >= 15 is 0 Å². The zero-order valence-corrected chi connectivity index (χ0v) is 19.7. The van der Waals surface area contributed by atoms with Crippen molar-refractivity contribution in [1.82, 2.24) is 5.32 Å². The molecule has 0 unspecified atom stereocenters. The lowest BCUT2D eigenvalue weighted by Gasteiger charge is -2.26. The van der Waals surface area contributed by atoms with E-state index in [4.69, 9.17) is 21.1 Å². The Balaban J connectivity index is 2.03. The van der Waals surface area contributed by atoms with Gasteiger partial charge in [-0.25, -0.2) is 9.69 Å². The second kappa shape index (κ2) is 10.0. The summed E-state index contributed by atoms with van der Waals surface area (Å²) in [6, 6.07) is 7.24. The average molecular weight is 520 g/mol. The summed E-state index contributed by atoms with van der Waals surface area (Å²) in [5.74, 6) is -0.660. The lowest BCUT2D eigenvalue weighted by molar-refractivity contribution is -0.122. The van der Waals surface area contributed by atoms with Crippen molar-refractivity contribution in [3.8, 4) is 11.5 Å². The van der Waals surface area contributed by atoms with Crippen molar-refractivity contribution in [3.63, 3.8) is 0 Å². The minimum Gasteiger partial charge on any atom is -0.490 e. The van der Waals surface area contributed by atoms with Crippen molar-refractivity contribution in [3.05, 3.63) is 69.2 Å². The maximum atomic E-state index is 13.1. The molecular formula is C23H20BrClN2O5. The van der Waals surface area contributed by atoms with Gasteiger partial charge in [0.25, 0.3) is 11.8 Å². The number of halogens is 2. The Labute approximate surface area is 198 Å². The molecule has 0 radical (unpaired) electrons. The molecule has 2 aromatic carbocycles. The number of benzene rings is 2. The molecule has 4 amide bonds. The number of imide groups is 2. The fourth-order valence-electron chi connectivity index (χ4n) is 3.00. The molecule has 0 bridgehead atoms. The number of amides is 4. The summed E-state index contributed by atoms with van der Waals surface area (Å²) in [5, 5.41) is 2.59. The van der Waals surface area contributed by atoms with Crippen molar-refractivity contribution >= 4 is 57.1 Å². The van der Waals surface area contributed by atoms with Gasteiger partial charge in [0, 0.05) is 5.02 Å². The molecule has 166 valence electrons. The summed E-state index contributed by atoms with van der Waals surface area (Å²) in [6.07, 6.45) is 2.99.